The molecule has 0 fully saturated rings. The molecule has 1 aromatic heterocycles. The molecule has 1 aliphatic rings. The molecule has 0 radical (unpaired) electrons. The summed E-state index contributed by atoms with van der Waals surface area (Å²) in [5.41, 5.74) is -0.0350. The van der Waals surface area contributed by atoms with Gasteiger partial charge in [-0.3, -0.25) is 4.79 Å². The number of para-hydroxylation sites is 1. The maximum atomic E-state index is 12.4. The number of ketones is 1. The second-order valence-electron chi connectivity index (χ2n) is 6.21. The molecule has 2 aromatic carbocycles. The third kappa shape index (κ3) is 2.38. The standard InChI is InChI=1S/C20H16O6/c1-2-5-13(21)11-8-12-16(9-14(11)22)25-19-10-6-3-4-7-15(10)26-20(24)17(19)18(12)23/h3-4,6-9,18,22-23H,2,5H2,1H3. The maximum Gasteiger partial charge on any atom is 0.346 e. The number of aromatic hydroxyl groups is 1. The number of fused-ring (bicyclic) bond motifs is 4. The van der Waals surface area contributed by atoms with Gasteiger partial charge < -0.3 is 19.4 Å². The molecule has 0 saturated carbocycles. The van der Waals surface area contributed by atoms with Gasteiger partial charge >= 0.3 is 5.63 Å². The minimum atomic E-state index is -1.32. The highest BCUT2D eigenvalue weighted by Gasteiger charge is 2.33. The first-order valence-corrected chi connectivity index (χ1v) is 8.33. The number of ether oxygens (including phenoxy) is 1. The summed E-state index contributed by atoms with van der Waals surface area (Å²) < 4.78 is 11.1. The van der Waals surface area contributed by atoms with Crippen LogP contribution in [0.5, 0.6) is 17.2 Å². The second kappa shape index (κ2) is 6.00. The molecule has 132 valence electrons. The lowest BCUT2D eigenvalue weighted by Crippen LogP contribution is -2.20. The monoisotopic (exact) mass is 352 g/mol. The van der Waals surface area contributed by atoms with E-state index in [1.54, 1.807) is 24.3 Å². The SMILES string of the molecule is CCCC(=O)c1cc2c(cc1O)Oc1c(c(=O)oc3ccccc13)C2O. The van der Waals surface area contributed by atoms with Crippen LogP contribution in [0.1, 0.15) is 47.4 Å². The molecular formula is C20H16O6. The zero-order valence-corrected chi connectivity index (χ0v) is 14.0. The minimum Gasteiger partial charge on any atom is -0.507 e. The molecule has 0 saturated heterocycles. The molecule has 0 amide bonds. The second-order valence-corrected chi connectivity index (χ2v) is 6.21. The van der Waals surface area contributed by atoms with Crippen LogP contribution in [0.15, 0.2) is 45.6 Å². The molecule has 1 unspecified atom stereocenters. The fourth-order valence-corrected chi connectivity index (χ4v) is 3.22. The largest absolute Gasteiger partial charge is 0.507 e. The fourth-order valence-electron chi connectivity index (χ4n) is 3.22. The molecule has 0 spiro atoms. The highest BCUT2D eigenvalue weighted by Crippen LogP contribution is 2.46. The van der Waals surface area contributed by atoms with Gasteiger partial charge in [0.15, 0.2) is 11.5 Å². The van der Waals surface area contributed by atoms with Crippen molar-refractivity contribution in [2.75, 3.05) is 0 Å². The molecule has 2 N–H and O–H groups in total. The van der Waals surface area contributed by atoms with Crippen LogP contribution in [0.25, 0.3) is 11.0 Å². The summed E-state index contributed by atoms with van der Waals surface area (Å²) in [7, 11) is 0. The number of aliphatic hydroxyl groups is 1. The number of carbonyl (C=O) groups excluding carboxylic acids is 1. The lowest BCUT2D eigenvalue weighted by atomic mass is 9.93. The van der Waals surface area contributed by atoms with Crippen molar-refractivity contribution in [3.8, 4) is 17.2 Å². The zero-order valence-electron chi connectivity index (χ0n) is 14.0. The van der Waals surface area contributed by atoms with E-state index in [-0.39, 0.29) is 46.1 Å². The van der Waals surface area contributed by atoms with Gasteiger partial charge in [0.25, 0.3) is 0 Å². The Balaban J connectivity index is 1.92. The van der Waals surface area contributed by atoms with Crippen molar-refractivity contribution >= 4 is 16.8 Å². The topological polar surface area (TPSA) is 97.0 Å². The van der Waals surface area contributed by atoms with E-state index in [4.69, 9.17) is 9.15 Å². The summed E-state index contributed by atoms with van der Waals surface area (Å²) in [5.74, 6) is -0.0587. The Morgan fingerprint density at radius 1 is 1.23 bits per heavy atom. The first-order chi connectivity index (χ1) is 12.5. The molecule has 4 rings (SSSR count). The van der Waals surface area contributed by atoms with Crippen molar-refractivity contribution in [2.24, 2.45) is 0 Å². The molecule has 0 bridgehead atoms. The van der Waals surface area contributed by atoms with E-state index in [1.807, 2.05) is 6.92 Å². The van der Waals surface area contributed by atoms with E-state index < -0.39 is 11.7 Å². The van der Waals surface area contributed by atoms with E-state index in [0.717, 1.165) is 0 Å². The average Bonchev–Trinajstić information content (AvgIpc) is 2.61. The van der Waals surface area contributed by atoms with Crippen LogP contribution in [0, 0.1) is 0 Å². The predicted molar refractivity (Wildman–Crippen MR) is 94.0 cm³/mol. The molecule has 2 heterocycles. The van der Waals surface area contributed by atoms with Crippen molar-refractivity contribution in [3.63, 3.8) is 0 Å². The van der Waals surface area contributed by atoms with Crippen molar-refractivity contribution in [3.05, 3.63) is 63.5 Å². The maximum absolute atomic E-state index is 12.4. The van der Waals surface area contributed by atoms with E-state index in [9.17, 15) is 19.8 Å². The third-order valence-electron chi connectivity index (χ3n) is 4.48. The number of rotatable bonds is 3. The van der Waals surface area contributed by atoms with Crippen LogP contribution >= 0.6 is 0 Å². The van der Waals surface area contributed by atoms with Gasteiger partial charge in [0.1, 0.15) is 28.7 Å². The fraction of sp³-hybridized carbons (Fsp3) is 0.200. The number of phenols is 1. The summed E-state index contributed by atoms with van der Waals surface area (Å²) >= 11 is 0. The Labute approximate surface area is 148 Å². The van der Waals surface area contributed by atoms with E-state index in [1.165, 1.54) is 12.1 Å². The van der Waals surface area contributed by atoms with Crippen LogP contribution in [0.4, 0.5) is 0 Å². The number of phenolic OH excluding ortho intramolecular Hbond substituents is 1. The Kier molecular flexibility index (Phi) is 3.77. The third-order valence-corrected chi connectivity index (χ3v) is 4.48. The molecule has 26 heavy (non-hydrogen) atoms. The first kappa shape index (κ1) is 16.4. The van der Waals surface area contributed by atoms with Crippen LogP contribution in [-0.4, -0.2) is 16.0 Å². The van der Waals surface area contributed by atoms with Gasteiger partial charge in [-0.25, -0.2) is 4.79 Å². The van der Waals surface area contributed by atoms with Crippen molar-refractivity contribution in [2.45, 2.75) is 25.9 Å². The van der Waals surface area contributed by atoms with Crippen LogP contribution in [-0.2, 0) is 0 Å². The van der Waals surface area contributed by atoms with Gasteiger partial charge in [0.05, 0.1) is 10.9 Å². The van der Waals surface area contributed by atoms with Crippen LogP contribution < -0.4 is 10.4 Å². The molecule has 6 nitrogen and oxygen atoms in total. The highest BCUT2D eigenvalue weighted by molar-refractivity contribution is 5.99. The minimum absolute atomic E-state index is 0.0178. The summed E-state index contributed by atoms with van der Waals surface area (Å²) in [4.78, 5) is 24.5. The summed E-state index contributed by atoms with van der Waals surface area (Å²) in [6, 6.07) is 9.51. The number of Topliss-reactive ketones (excluding diaryl/α,β-unsaturated/α-hetero) is 1. The van der Waals surface area contributed by atoms with Crippen LogP contribution in [0.3, 0.4) is 0 Å². The lowest BCUT2D eigenvalue weighted by Gasteiger charge is -2.25. The van der Waals surface area contributed by atoms with E-state index >= 15 is 0 Å². The Hall–Kier alpha value is -3.12. The van der Waals surface area contributed by atoms with E-state index in [2.05, 4.69) is 0 Å². The zero-order chi connectivity index (χ0) is 18.4. The van der Waals surface area contributed by atoms with Gasteiger partial charge in [-0.2, -0.15) is 0 Å². The molecule has 1 atom stereocenters. The number of carbonyl (C=O) groups is 1. The normalized spacial score (nSPS) is 15.2. The summed E-state index contributed by atoms with van der Waals surface area (Å²) in [6.07, 6.45) is -0.414. The van der Waals surface area contributed by atoms with Crippen LogP contribution in [0.2, 0.25) is 0 Å². The molecular weight excluding hydrogens is 336 g/mol. The predicted octanol–water partition coefficient (Wildman–Crippen LogP) is 3.67. The van der Waals surface area contributed by atoms with Gasteiger partial charge in [0, 0.05) is 18.1 Å². The van der Waals surface area contributed by atoms with Gasteiger partial charge in [-0.1, -0.05) is 19.1 Å². The number of aliphatic hydroxyl groups excluding tert-OH is 1. The summed E-state index contributed by atoms with van der Waals surface area (Å²) in [6.45, 7) is 1.86. The Morgan fingerprint density at radius 3 is 2.77 bits per heavy atom. The molecule has 1 aliphatic heterocycles. The molecule has 3 aromatic rings. The quantitative estimate of drug-likeness (QED) is 0.551. The first-order valence-electron chi connectivity index (χ1n) is 8.33. The Morgan fingerprint density at radius 2 is 2.00 bits per heavy atom. The average molecular weight is 352 g/mol. The summed E-state index contributed by atoms with van der Waals surface area (Å²) in [5, 5.41) is 21.5. The van der Waals surface area contributed by atoms with Gasteiger partial charge in [0.2, 0.25) is 0 Å². The molecule has 6 heteroatoms. The number of hydrogen-bond donors (Lipinski definition) is 2. The van der Waals surface area contributed by atoms with Crippen molar-refractivity contribution in [1.29, 1.82) is 0 Å². The highest BCUT2D eigenvalue weighted by atomic mass is 16.5. The van der Waals surface area contributed by atoms with Gasteiger partial charge in [-0.05, 0) is 24.6 Å². The Bertz CT molecular complexity index is 1100. The lowest BCUT2D eigenvalue weighted by molar-refractivity contribution is 0.0978. The molecule has 0 aliphatic carbocycles. The van der Waals surface area contributed by atoms with Crippen molar-refractivity contribution in [1.82, 2.24) is 0 Å². The van der Waals surface area contributed by atoms with E-state index in [0.29, 0.717) is 17.4 Å². The smallest absolute Gasteiger partial charge is 0.346 e. The van der Waals surface area contributed by atoms with Crippen molar-refractivity contribution < 1.29 is 24.2 Å². The van der Waals surface area contributed by atoms with Gasteiger partial charge in [-0.15, -0.1) is 0 Å². The number of benzene rings is 2. The number of hydrogen-bond acceptors (Lipinski definition) is 6.